The Morgan fingerprint density at radius 1 is 1.17 bits per heavy atom. The first-order valence-electron chi connectivity index (χ1n) is 8.95. The van der Waals surface area contributed by atoms with E-state index in [-0.39, 0.29) is 42.1 Å². The quantitative estimate of drug-likeness (QED) is 0.748. The van der Waals surface area contributed by atoms with Gasteiger partial charge >= 0.3 is 0 Å². The molecule has 2 bridgehead atoms. The summed E-state index contributed by atoms with van der Waals surface area (Å²) >= 11 is 0. The third kappa shape index (κ3) is 4.06. The zero-order valence-electron chi connectivity index (χ0n) is 14.3. The summed E-state index contributed by atoms with van der Waals surface area (Å²) in [6, 6.07) is -0.00802. The first-order valence-corrected chi connectivity index (χ1v) is 10.6. The van der Waals surface area contributed by atoms with E-state index in [4.69, 9.17) is 5.73 Å². The minimum absolute atomic E-state index is 0. The van der Waals surface area contributed by atoms with Crippen LogP contribution in [-0.4, -0.2) is 50.2 Å². The Morgan fingerprint density at radius 2 is 1.79 bits per heavy atom. The summed E-state index contributed by atoms with van der Waals surface area (Å²) in [5.41, 5.74) is 6.28. The average Bonchev–Trinajstić information content (AvgIpc) is 3.07. The molecule has 1 saturated heterocycles. The Balaban J connectivity index is 0.00000208. The van der Waals surface area contributed by atoms with E-state index in [0.717, 1.165) is 12.8 Å². The van der Waals surface area contributed by atoms with Crippen molar-refractivity contribution in [2.45, 2.75) is 57.5 Å². The van der Waals surface area contributed by atoms with Crippen molar-refractivity contribution in [3.63, 3.8) is 0 Å². The Bertz CT molecular complexity index is 547. The van der Waals surface area contributed by atoms with Crippen molar-refractivity contribution < 1.29 is 13.2 Å². The van der Waals surface area contributed by atoms with Crippen LogP contribution in [0.25, 0.3) is 0 Å². The summed E-state index contributed by atoms with van der Waals surface area (Å²) in [5.74, 6) is 1.39. The number of nitrogens with one attached hydrogen (secondary N) is 1. The van der Waals surface area contributed by atoms with Crippen molar-refractivity contribution in [3.05, 3.63) is 0 Å². The summed E-state index contributed by atoms with van der Waals surface area (Å²) in [4.78, 5) is 14.7. The Labute approximate surface area is 151 Å². The zero-order valence-corrected chi connectivity index (χ0v) is 15.9. The standard InChI is InChI=1S/C16H29N3O3S.ClH/c1-2-9-23(21,22)18-13-5-7-19(8-6-13)16(20)14-11-3-4-12(10-11)15(14)17;/h11-15,18H,2-10,17H2,1H3;1H. The molecule has 3 rings (SSSR count). The fourth-order valence-corrected chi connectivity index (χ4v) is 6.11. The predicted octanol–water partition coefficient (Wildman–Crippen LogP) is 1.10. The molecule has 2 aliphatic carbocycles. The van der Waals surface area contributed by atoms with E-state index in [2.05, 4.69) is 4.72 Å². The number of rotatable bonds is 5. The van der Waals surface area contributed by atoms with Gasteiger partial charge in [-0.05, 0) is 50.4 Å². The SMILES string of the molecule is CCCS(=O)(=O)NC1CCN(C(=O)C2C3CCC(C3)C2N)CC1.Cl. The lowest BCUT2D eigenvalue weighted by atomic mass is 9.83. The molecule has 2 saturated carbocycles. The highest BCUT2D eigenvalue weighted by atomic mass is 35.5. The van der Waals surface area contributed by atoms with Gasteiger partial charge in [0.1, 0.15) is 0 Å². The van der Waals surface area contributed by atoms with Gasteiger partial charge in [-0.1, -0.05) is 6.92 Å². The molecule has 1 amide bonds. The molecule has 1 aliphatic heterocycles. The van der Waals surface area contributed by atoms with Crippen molar-refractivity contribution in [2.75, 3.05) is 18.8 Å². The monoisotopic (exact) mass is 379 g/mol. The van der Waals surface area contributed by atoms with Gasteiger partial charge in [-0.25, -0.2) is 13.1 Å². The second kappa shape index (κ2) is 7.89. The maximum absolute atomic E-state index is 12.8. The van der Waals surface area contributed by atoms with Crippen molar-refractivity contribution in [1.29, 1.82) is 0 Å². The number of nitrogens with two attached hydrogens (primary N) is 1. The predicted molar refractivity (Wildman–Crippen MR) is 96.4 cm³/mol. The molecule has 4 atom stereocenters. The van der Waals surface area contributed by atoms with E-state index in [1.165, 1.54) is 6.42 Å². The molecule has 0 radical (unpaired) electrons. The number of nitrogens with zero attached hydrogens (tertiary/aromatic N) is 1. The summed E-state index contributed by atoms with van der Waals surface area (Å²) in [6.07, 6.45) is 5.45. The highest BCUT2D eigenvalue weighted by molar-refractivity contribution is 7.89. The van der Waals surface area contributed by atoms with Gasteiger partial charge in [-0.2, -0.15) is 0 Å². The minimum atomic E-state index is -3.17. The number of fused-ring (bicyclic) bond motifs is 2. The van der Waals surface area contributed by atoms with Crippen LogP contribution >= 0.6 is 12.4 Å². The molecule has 3 fully saturated rings. The van der Waals surface area contributed by atoms with Crippen LogP contribution in [0.15, 0.2) is 0 Å². The van der Waals surface area contributed by atoms with Crippen LogP contribution in [0, 0.1) is 17.8 Å². The molecule has 1 heterocycles. The molecular weight excluding hydrogens is 350 g/mol. The molecule has 3 aliphatic rings. The average molecular weight is 380 g/mol. The molecule has 24 heavy (non-hydrogen) atoms. The molecule has 0 spiro atoms. The lowest BCUT2D eigenvalue weighted by molar-refractivity contribution is -0.138. The summed E-state index contributed by atoms with van der Waals surface area (Å²) in [5, 5.41) is 0. The van der Waals surface area contributed by atoms with Crippen LogP contribution in [-0.2, 0) is 14.8 Å². The van der Waals surface area contributed by atoms with Gasteiger partial charge in [0.2, 0.25) is 15.9 Å². The van der Waals surface area contributed by atoms with Crippen LogP contribution < -0.4 is 10.5 Å². The van der Waals surface area contributed by atoms with Gasteiger partial charge in [0.25, 0.3) is 0 Å². The van der Waals surface area contributed by atoms with E-state index in [9.17, 15) is 13.2 Å². The molecule has 6 nitrogen and oxygen atoms in total. The van der Waals surface area contributed by atoms with Gasteiger partial charge < -0.3 is 10.6 Å². The molecule has 3 N–H and O–H groups in total. The number of carbonyl (C=O) groups is 1. The maximum Gasteiger partial charge on any atom is 0.227 e. The molecule has 0 aromatic carbocycles. The molecule has 0 aromatic rings. The Hall–Kier alpha value is -0.370. The number of carbonyl (C=O) groups excluding carboxylic acids is 1. The number of hydrogen-bond acceptors (Lipinski definition) is 4. The smallest absolute Gasteiger partial charge is 0.227 e. The van der Waals surface area contributed by atoms with Crippen LogP contribution in [0.1, 0.15) is 45.4 Å². The van der Waals surface area contributed by atoms with E-state index < -0.39 is 10.0 Å². The van der Waals surface area contributed by atoms with Crippen LogP contribution in [0.3, 0.4) is 0 Å². The normalized spacial score (nSPS) is 33.5. The molecule has 8 heteroatoms. The van der Waals surface area contributed by atoms with Crippen molar-refractivity contribution in [1.82, 2.24) is 9.62 Å². The fraction of sp³-hybridized carbons (Fsp3) is 0.938. The number of likely N-dealkylation sites (tertiary alicyclic amines) is 1. The fourth-order valence-electron chi connectivity index (χ4n) is 4.71. The summed E-state index contributed by atoms with van der Waals surface area (Å²) in [7, 11) is -3.17. The molecule has 140 valence electrons. The third-order valence-electron chi connectivity index (χ3n) is 5.89. The van der Waals surface area contributed by atoms with Crippen LogP contribution in [0.4, 0.5) is 0 Å². The molecular formula is C16H30ClN3O3S. The number of hydrogen-bond donors (Lipinski definition) is 2. The first kappa shape index (κ1) is 19.9. The second-order valence-corrected chi connectivity index (χ2v) is 9.35. The van der Waals surface area contributed by atoms with E-state index >= 15 is 0 Å². The Morgan fingerprint density at radius 3 is 2.33 bits per heavy atom. The van der Waals surface area contributed by atoms with Gasteiger partial charge in [-0.15, -0.1) is 12.4 Å². The number of halogens is 1. The minimum Gasteiger partial charge on any atom is -0.342 e. The van der Waals surface area contributed by atoms with Gasteiger partial charge in [0.15, 0.2) is 0 Å². The van der Waals surface area contributed by atoms with E-state index in [0.29, 0.717) is 44.2 Å². The summed E-state index contributed by atoms with van der Waals surface area (Å²) in [6.45, 7) is 3.14. The largest absolute Gasteiger partial charge is 0.342 e. The summed E-state index contributed by atoms with van der Waals surface area (Å²) < 4.78 is 26.5. The van der Waals surface area contributed by atoms with E-state index in [1.807, 2.05) is 11.8 Å². The van der Waals surface area contributed by atoms with Gasteiger partial charge in [-0.3, -0.25) is 4.79 Å². The highest BCUT2D eigenvalue weighted by Gasteiger charge is 2.50. The third-order valence-corrected chi connectivity index (χ3v) is 7.53. The topological polar surface area (TPSA) is 92.5 Å². The molecule has 0 aromatic heterocycles. The van der Waals surface area contributed by atoms with Crippen molar-refractivity contribution in [2.24, 2.45) is 23.5 Å². The van der Waals surface area contributed by atoms with E-state index in [1.54, 1.807) is 0 Å². The van der Waals surface area contributed by atoms with Gasteiger partial charge in [0, 0.05) is 25.2 Å². The first-order chi connectivity index (χ1) is 10.9. The number of piperidine rings is 1. The maximum atomic E-state index is 12.8. The highest BCUT2D eigenvalue weighted by Crippen LogP contribution is 2.48. The van der Waals surface area contributed by atoms with Crippen molar-refractivity contribution in [3.8, 4) is 0 Å². The second-order valence-electron chi connectivity index (χ2n) is 7.47. The number of amides is 1. The van der Waals surface area contributed by atoms with Gasteiger partial charge in [0.05, 0.1) is 11.7 Å². The zero-order chi connectivity index (χ0) is 16.6. The molecule has 4 unspecified atom stereocenters. The van der Waals surface area contributed by atoms with Crippen molar-refractivity contribution >= 4 is 28.3 Å². The Kier molecular flexibility index (Phi) is 6.56. The lowest BCUT2D eigenvalue weighted by Crippen LogP contribution is -2.52. The van der Waals surface area contributed by atoms with Crippen LogP contribution in [0.2, 0.25) is 0 Å². The number of sulfonamides is 1. The van der Waals surface area contributed by atoms with Crippen LogP contribution in [0.5, 0.6) is 0 Å². The lowest BCUT2D eigenvalue weighted by Gasteiger charge is -2.37.